The molecule has 8 nitrogen and oxygen atoms in total. The van der Waals surface area contributed by atoms with Gasteiger partial charge in [0.1, 0.15) is 6.33 Å². The lowest BCUT2D eigenvalue weighted by molar-refractivity contribution is -0.120. The maximum absolute atomic E-state index is 12.8. The van der Waals surface area contributed by atoms with Gasteiger partial charge in [-0.25, -0.2) is 9.97 Å². The minimum atomic E-state index is -0.106. The Labute approximate surface area is 171 Å². The van der Waals surface area contributed by atoms with Crippen molar-refractivity contribution in [3.63, 3.8) is 0 Å². The number of piperidine rings is 1. The van der Waals surface area contributed by atoms with Crippen LogP contribution in [0.5, 0.6) is 0 Å². The van der Waals surface area contributed by atoms with Crippen LogP contribution in [0.15, 0.2) is 55.1 Å². The fourth-order valence-corrected chi connectivity index (χ4v) is 4.42. The summed E-state index contributed by atoms with van der Waals surface area (Å²) in [5.41, 5.74) is 0.909. The summed E-state index contributed by atoms with van der Waals surface area (Å²) >= 11 is 1.50. The van der Waals surface area contributed by atoms with Crippen LogP contribution < -0.4 is 10.2 Å². The van der Waals surface area contributed by atoms with Crippen LogP contribution in [0.2, 0.25) is 0 Å². The molecule has 0 saturated carbocycles. The Morgan fingerprint density at radius 1 is 1.14 bits per heavy atom. The van der Waals surface area contributed by atoms with Crippen LogP contribution in [-0.2, 0) is 4.79 Å². The van der Waals surface area contributed by atoms with E-state index in [-0.39, 0.29) is 11.8 Å². The van der Waals surface area contributed by atoms with Gasteiger partial charge in [-0.1, -0.05) is 23.5 Å². The molecule has 1 fully saturated rings. The molecule has 0 spiro atoms. The van der Waals surface area contributed by atoms with Crippen molar-refractivity contribution in [2.45, 2.75) is 12.8 Å². The lowest BCUT2D eigenvalue weighted by Gasteiger charge is -2.32. The van der Waals surface area contributed by atoms with Crippen LogP contribution in [0.1, 0.15) is 12.8 Å². The normalized spacial score (nSPS) is 16.8. The van der Waals surface area contributed by atoms with E-state index in [0.717, 1.165) is 35.4 Å². The van der Waals surface area contributed by atoms with Crippen molar-refractivity contribution in [2.75, 3.05) is 23.3 Å². The number of hydrogen-bond acceptors (Lipinski definition) is 7. The highest BCUT2D eigenvalue weighted by atomic mass is 32.1. The Morgan fingerprint density at radius 2 is 2.00 bits per heavy atom. The number of para-hydroxylation sites is 1. The molecule has 146 valence electrons. The van der Waals surface area contributed by atoms with E-state index in [1.807, 2.05) is 42.6 Å². The van der Waals surface area contributed by atoms with Crippen LogP contribution in [-0.4, -0.2) is 43.7 Å². The van der Waals surface area contributed by atoms with E-state index in [4.69, 9.17) is 0 Å². The van der Waals surface area contributed by atoms with Crippen molar-refractivity contribution in [1.82, 2.24) is 24.7 Å². The highest BCUT2D eigenvalue weighted by molar-refractivity contribution is 7.22. The van der Waals surface area contributed by atoms with Gasteiger partial charge < -0.3 is 10.2 Å². The number of benzene rings is 1. The van der Waals surface area contributed by atoms with Crippen LogP contribution in [0, 0.1) is 5.92 Å². The zero-order valence-corrected chi connectivity index (χ0v) is 16.4. The first-order valence-corrected chi connectivity index (χ1v) is 10.3. The van der Waals surface area contributed by atoms with E-state index in [0.29, 0.717) is 17.5 Å². The van der Waals surface area contributed by atoms with Gasteiger partial charge >= 0.3 is 0 Å². The van der Waals surface area contributed by atoms with E-state index in [9.17, 15) is 4.79 Å². The minimum Gasteiger partial charge on any atom is -0.354 e. The predicted octanol–water partition coefficient (Wildman–Crippen LogP) is 3.13. The summed E-state index contributed by atoms with van der Waals surface area (Å²) in [6, 6.07) is 11.7. The smallest absolute Gasteiger partial charge is 0.231 e. The molecule has 1 aliphatic heterocycles. The average Bonchev–Trinajstić information content (AvgIpc) is 3.43. The van der Waals surface area contributed by atoms with Gasteiger partial charge in [0.2, 0.25) is 5.91 Å². The third-order valence-electron chi connectivity index (χ3n) is 5.05. The fourth-order valence-electron chi connectivity index (χ4n) is 3.55. The number of imidazole rings is 1. The summed E-state index contributed by atoms with van der Waals surface area (Å²) in [7, 11) is 0. The molecule has 9 heteroatoms. The largest absolute Gasteiger partial charge is 0.354 e. The molecule has 1 aliphatic rings. The second-order valence-electron chi connectivity index (χ2n) is 6.98. The Balaban J connectivity index is 1.26. The topological polar surface area (TPSA) is 88.8 Å². The number of aromatic nitrogens is 5. The van der Waals surface area contributed by atoms with Crippen molar-refractivity contribution in [2.24, 2.45) is 5.92 Å². The summed E-state index contributed by atoms with van der Waals surface area (Å²) in [4.78, 5) is 23.5. The zero-order chi connectivity index (χ0) is 19.6. The quantitative estimate of drug-likeness (QED) is 0.561. The molecule has 0 radical (unpaired) electrons. The number of nitrogens with one attached hydrogen (secondary N) is 1. The Hall–Kier alpha value is -3.33. The monoisotopic (exact) mass is 405 g/mol. The molecule has 1 saturated heterocycles. The standard InChI is InChI=1S/C20H19N7OS/c28-19(23-20-22-15-5-1-2-6-16(15)29-20)14-4-3-10-26(12-14)17-7-8-18(25-24-17)27-11-9-21-13-27/h1-2,5-9,11,13-14H,3-4,10,12H2,(H,22,23,28). The van der Waals surface area contributed by atoms with Gasteiger partial charge in [-0.05, 0) is 37.1 Å². The van der Waals surface area contributed by atoms with Gasteiger partial charge in [0, 0.05) is 25.5 Å². The van der Waals surface area contributed by atoms with Crippen molar-refractivity contribution in [1.29, 1.82) is 0 Å². The molecular formula is C20H19N7OS. The Kier molecular flexibility index (Phi) is 4.65. The highest BCUT2D eigenvalue weighted by Gasteiger charge is 2.27. The van der Waals surface area contributed by atoms with Crippen molar-refractivity contribution in [3.8, 4) is 5.82 Å². The van der Waals surface area contributed by atoms with Crippen molar-refractivity contribution >= 4 is 38.4 Å². The number of thiazole rings is 1. The molecule has 4 heterocycles. The number of rotatable bonds is 4. The van der Waals surface area contributed by atoms with Gasteiger partial charge in [0.25, 0.3) is 0 Å². The molecule has 1 N–H and O–H groups in total. The summed E-state index contributed by atoms with van der Waals surface area (Å²) in [6.07, 6.45) is 7.01. The van der Waals surface area contributed by atoms with Gasteiger partial charge in [-0.15, -0.1) is 10.2 Å². The van der Waals surface area contributed by atoms with Crippen molar-refractivity contribution in [3.05, 3.63) is 55.1 Å². The molecule has 1 unspecified atom stereocenters. The first-order chi connectivity index (χ1) is 14.3. The number of fused-ring (bicyclic) bond motifs is 1. The summed E-state index contributed by atoms with van der Waals surface area (Å²) in [5.74, 6) is 1.40. The van der Waals surface area contributed by atoms with Gasteiger partial charge in [-0.3, -0.25) is 9.36 Å². The lowest BCUT2D eigenvalue weighted by atomic mass is 9.97. The fraction of sp³-hybridized carbons (Fsp3) is 0.250. The predicted molar refractivity (Wildman–Crippen MR) is 112 cm³/mol. The molecule has 1 aromatic carbocycles. The minimum absolute atomic E-state index is 0.0109. The lowest BCUT2D eigenvalue weighted by Crippen LogP contribution is -2.41. The summed E-state index contributed by atoms with van der Waals surface area (Å²) in [6.45, 7) is 1.49. The van der Waals surface area contributed by atoms with Crippen LogP contribution in [0.4, 0.5) is 10.9 Å². The molecule has 1 atom stereocenters. The van der Waals surface area contributed by atoms with Crippen molar-refractivity contribution < 1.29 is 4.79 Å². The maximum atomic E-state index is 12.8. The highest BCUT2D eigenvalue weighted by Crippen LogP contribution is 2.27. The second-order valence-corrected chi connectivity index (χ2v) is 8.01. The molecule has 4 aromatic rings. The van der Waals surface area contributed by atoms with Gasteiger partial charge in [-0.2, -0.15) is 0 Å². The molecule has 0 aliphatic carbocycles. The molecule has 3 aromatic heterocycles. The first-order valence-electron chi connectivity index (χ1n) is 9.50. The molecule has 5 rings (SSSR count). The third-order valence-corrected chi connectivity index (χ3v) is 6.00. The van der Waals surface area contributed by atoms with E-state index in [2.05, 4.69) is 30.4 Å². The Bertz CT molecular complexity index is 1090. The SMILES string of the molecule is O=C(Nc1nc2ccccc2s1)C1CCCN(c2ccc(-n3ccnc3)nn2)C1. The van der Waals surface area contributed by atoms with Crippen LogP contribution >= 0.6 is 11.3 Å². The number of anilines is 2. The second kappa shape index (κ2) is 7.59. The number of carbonyl (C=O) groups is 1. The van der Waals surface area contributed by atoms with Gasteiger partial charge in [0.05, 0.1) is 16.1 Å². The van der Waals surface area contributed by atoms with Gasteiger partial charge in [0.15, 0.2) is 16.8 Å². The maximum Gasteiger partial charge on any atom is 0.231 e. The summed E-state index contributed by atoms with van der Waals surface area (Å²) in [5, 5.41) is 12.3. The number of carbonyl (C=O) groups excluding carboxylic acids is 1. The Morgan fingerprint density at radius 3 is 2.79 bits per heavy atom. The number of nitrogens with zero attached hydrogens (tertiary/aromatic N) is 6. The van der Waals surface area contributed by atoms with Crippen LogP contribution in [0.25, 0.3) is 16.0 Å². The summed E-state index contributed by atoms with van der Waals surface area (Å²) < 4.78 is 2.88. The van der Waals surface area contributed by atoms with E-state index in [1.54, 1.807) is 17.1 Å². The van der Waals surface area contributed by atoms with Crippen LogP contribution in [0.3, 0.4) is 0 Å². The third kappa shape index (κ3) is 3.68. The first kappa shape index (κ1) is 17.7. The number of amides is 1. The van der Waals surface area contributed by atoms with E-state index < -0.39 is 0 Å². The molecule has 29 heavy (non-hydrogen) atoms. The number of hydrogen-bond donors (Lipinski definition) is 1. The van der Waals surface area contributed by atoms with E-state index in [1.165, 1.54) is 11.3 Å². The van der Waals surface area contributed by atoms with E-state index >= 15 is 0 Å². The average molecular weight is 405 g/mol. The molecule has 0 bridgehead atoms. The zero-order valence-electron chi connectivity index (χ0n) is 15.6. The molecule has 1 amide bonds. The molecular weight excluding hydrogens is 386 g/mol.